The lowest BCUT2D eigenvalue weighted by Gasteiger charge is -2.11. The maximum Gasteiger partial charge on any atom is 0.250 e. The van der Waals surface area contributed by atoms with Gasteiger partial charge in [-0.05, 0) is 62.4 Å². The fraction of sp³-hybridized carbons (Fsp3) is 0.167. The number of nitrogens with zero attached hydrogens (tertiary/aromatic N) is 4. The zero-order valence-corrected chi connectivity index (χ0v) is 19.3. The minimum absolute atomic E-state index is 0.127. The second-order valence-corrected chi connectivity index (χ2v) is 8.15. The minimum atomic E-state index is -0.254. The molecule has 9 heteroatoms. The summed E-state index contributed by atoms with van der Waals surface area (Å²) in [4.78, 5) is 12.4. The van der Waals surface area contributed by atoms with Gasteiger partial charge < -0.3 is 9.15 Å². The van der Waals surface area contributed by atoms with Gasteiger partial charge in [-0.15, -0.1) is 10.2 Å². The molecule has 0 aliphatic carbocycles. The van der Waals surface area contributed by atoms with E-state index in [4.69, 9.17) is 9.15 Å². The summed E-state index contributed by atoms with van der Waals surface area (Å²) >= 11 is 1.29. The van der Waals surface area contributed by atoms with Crippen LogP contribution in [0.5, 0.6) is 5.75 Å². The fourth-order valence-corrected chi connectivity index (χ4v) is 3.81. The van der Waals surface area contributed by atoms with Crippen LogP contribution in [0.4, 0.5) is 0 Å². The summed E-state index contributed by atoms with van der Waals surface area (Å²) in [6.07, 6.45) is 1.56. The van der Waals surface area contributed by atoms with Crippen LogP contribution in [-0.4, -0.2) is 39.2 Å². The van der Waals surface area contributed by atoms with E-state index in [1.54, 1.807) is 32.4 Å². The molecular formula is C24H23N5O3S. The average Bonchev–Trinajstić information content (AvgIpc) is 3.52. The number of carbonyl (C=O) groups is 1. The van der Waals surface area contributed by atoms with Crippen LogP contribution in [0.2, 0.25) is 0 Å². The molecule has 0 aliphatic rings. The van der Waals surface area contributed by atoms with Crippen molar-refractivity contribution in [1.82, 2.24) is 20.2 Å². The lowest BCUT2D eigenvalue weighted by atomic mass is 10.2. The summed E-state index contributed by atoms with van der Waals surface area (Å²) in [5.41, 5.74) is 6.09. The van der Waals surface area contributed by atoms with Crippen LogP contribution in [-0.2, 0) is 4.79 Å². The standard InChI is InChI=1S/C24H23N5O3S/c1-16-6-10-19(11-7-16)29-23(18-8-12-20(31-3)13-9-18)27-28-24(29)33-15-22(30)26-25-17(2)21-5-4-14-32-21/h4-14H,15H2,1-3H3,(H,26,30)/b25-17+. The Kier molecular flexibility index (Phi) is 6.89. The summed E-state index contributed by atoms with van der Waals surface area (Å²) in [6, 6.07) is 19.2. The molecule has 0 bridgehead atoms. The van der Waals surface area contributed by atoms with E-state index in [9.17, 15) is 4.79 Å². The van der Waals surface area contributed by atoms with Crippen LogP contribution in [0.15, 0.2) is 81.6 Å². The number of nitrogens with one attached hydrogen (secondary N) is 1. The molecule has 8 nitrogen and oxygen atoms in total. The summed E-state index contributed by atoms with van der Waals surface area (Å²) in [7, 11) is 1.63. The average molecular weight is 462 g/mol. The van der Waals surface area contributed by atoms with Crippen molar-refractivity contribution in [2.75, 3.05) is 12.9 Å². The minimum Gasteiger partial charge on any atom is -0.497 e. The second kappa shape index (κ2) is 10.2. The van der Waals surface area contributed by atoms with E-state index in [1.807, 2.05) is 60.0 Å². The molecule has 4 aromatic rings. The molecule has 33 heavy (non-hydrogen) atoms. The van der Waals surface area contributed by atoms with Crippen molar-refractivity contribution in [3.8, 4) is 22.8 Å². The third-order valence-electron chi connectivity index (χ3n) is 4.83. The molecule has 0 aliphatic heterocycles. The molecule has 4 rings (SSSR count). The van der Waals surface area contributed by atoms with Gasteiger partial charge in [-0.25, -0.2) is 5.43 Å². The van der Waals surface area contributed by atoms with E-state index in [-0.39, 0.29) is 11.7 Å². The zero-order chi connectivity index (χ0) is 23.2. The number of amides is 1. The molecule has 168 valence electrons. The highest BCUT2D eigenvalue weighted by atomic mass is 32.2. The van der Waals surface area contributed by atoms with Crippen molar-refractivity contribution in [3.63, 3.8) is 0 Å². The number of furan rings is 1. The Labute approximate surface area is 195 Å². The van der Waals surface area contributed by atoms with Crippen LogP contribution >= 0.6 is 11.8 Å². The molecule has 2 heterocycles. The first-order valence-corrected chi connectivity index (χ1v) is 11.2. The highest BCUT2D eigenvalue weighted by molar-refractivity contribution is 7.99. The number of methoxy groups -OCH3 is 1. The largest absolute Gasteiger partial charge is 0.497 e. The molecule has 2 aromatic heterocycles. The number of thioether (sulfide) groups is 1. The van der Waals surface area contributed by atoms with E-state index >= 15 is 0 Å². The number of ether oxygens (including phenoxy) is 1. The highest BCUT2D eigenvalue weighted by Gasteiger charge is 2.17. The van der Waals surface area contributed by atoms with E-state index in [0.29, 0.717) is 22.5 Å². The topological polar surface area (TPSA) is 94.5 Å². The Morgan fingerprint density at radius 1 is 1.12 bits per heavy atom. The number of hydrazone groups is 1. The van der Waals surface area contributed by atoms with Crippen molar-refractivity contribution in [2.24, 2.45) is 5.10 Å². The van der Waals surface area contributed by atoms with Crippen LogP contribution in [0.25, 0.3) is 17.1 Å². The van der Waals surface area contributed by atoms with Gasteiger partial charge in [0.25, 0.3) is 5.91 Å². The molecule has 0 spiro atoms. The SMILES string of the molecule is COc1ccc(-c2nnc(SCC(=O)N/N=C(\C)c3ccco3)n2-c2ccc(C)cc2)cc1. The van der Waals surface area contributed by atoms with Crippen LogP contribution < -0.4 is 10.2 Å². The van der Waals surface area contributed by atoms with Gasteiger partial charge >= 0.3 is 0 Å². The third-order valence-corrected chi connectivity index (χ3v) is 5.76. The molecule has 0 saturated carbocycles. The second-order valence-electron chi connectivity index (χ2n) is 7.20. The van der Waals surface area contributed by atoms with E-state index < -0.39 is 0 Å². The van der Waals surface area contributed by atoms with Gasteiger partial charge in [0.1, 0.15) is 17.2 Å². The number of aromatic nitrogens is 3. The van der Waals surface area contributed by atoms with Crippen molar-refractivity contribution >= 4 is 23.4 Å². The van der Waals surface area contributed by atoms with Gasteiger partial charge in [-0.1, -0.05) is 29.5 Å². The Balaban J connectivity index is 1.56. The first kappa shape index (κ1) is 22.3. The Hall–Kier alpha value is -3.85. The zero-order valence-electron chi connectivity index (χ0n) is 18.5. The van der Waals surface area contributed by atoms with Crippen LogP contribution in [0.1, 0.15) is 18.2 Å². The van der Waals surface area contributed by atoms with Crippen molar-refractivity contribution in [1.29, 1.82) is 0 Å². The lowest BCUT2D eigenvalue weighted by Crippen LogP contribution is -2.21. The first-order valence-electron chi connectivity index (χ1n) is 10.2. The smallest absolute Gasteiger partial charge is 0.250 e. The lowest BCUT2D eigenvalue weighted by molar-refractivity contribution is -0.118. The van der Waals surface area contributed by atoms with Gasteiger partial charge in [0, 0.05) is 11.3 Å². The Morgan fingerprint density at radius 3 is 2.55 bits per heavy atom. The van der Waals surface area contributed by atoms with Gasteiger partial charge in [-0.2, -0.15) is 5.10 Å². The number of carbonyl (C=O) groups excluding carboxylic acids is 1. The Morgan fingerprint density at radius 2 is 1.88 bits per heavy atom. The molecule has 0 radical (unpaired) electrons. The fourth-order valence-electron chi connectivity index (χ4n) is 3.07. The number of hydrogen-bond acceptors (Lipinski definition) is 7. The first-order chi connectivity index (χ1) is 16.0. The summed E-state index contributed by atoms with van der Waals surface area (Å²) < 4.78 is 12.5. The molecule has 2 aromatic carbocycles. The number of benzene rings is 2. The van der Waals surface area contributed by atoms with Crippen molar-refractivity contribution in [2.45, 2.75) is 19.0 Å². The quantitative estimate of drug-likeness (QED) is 0.236. The van der Waals surface area contributed by atoms with Crippen molar-refractivity contribution in [3.05, 3.63) is 78.3 Å². The number of hydrogen-bond donors (Lipinski definition) is 1. The van der Waals surface area contributed by atoms with E-state index in [1.165, 1.54) is 11.8 Å². The monoisotopic (exact) mass is 461 g/mol. The summed E-state index contributed by atoms with van der Waals surface area (Å²) in [5, 5.41) is 13.5. The predicted octanol–water partition coefficient (Wildman–Crippen LogP) is 4.48. The number of rotatable bonds is 8. The van der Waals surface area contributed by atoms with Gasteiger partial charge in [-0.3, -0.25) is 9.36 Å². The highest BCUT2D eigenvalue weighted by Crippen LogP contribution is 2.29. The van der Waals surface area contributed by atoms with Crippen molar-refractivity contribution < 1.29 is 13.9 Å². The normalized spacial score (nSPS) is 11.4. The third kappa shape index (κ3) is 5.32. The van der Waals surface area contributed by atoms with Crippen LogP contribution in [0.3, 0.4) is 0 Å². The van der Waals surface area contributed by atoms with E-state index in [0.717, 1.165) is 22.6 Å². The molecular weight excluding hydrogens is 438 g/mol. The van der Waals surface area contributed by atoms with Gasteiger partial charge in [0.15, 0.2) is 11.0 Å². The molecule has 0 fully saturated rings. The summed E-state index contributed by atoms with van der Waals surface area (Å²) in [6.45, 7) is 3.80. The molecule has 0 unspecified atom stereocenters. The predicted molar refractivity (Wildman–Crippen MR) is 128 cm³/mol. The maximum atomic E-state index is 12.4. The molecule has 1 N–H and O–H groups in total. The molecule has 1 amide bonds. The maximum absolute atomic E-state index is 12.4. The molecule has 0 atom stereocenters. The Bertz CT molecular complexity index is 1250. The van der Waals surface area contributed by atoms with E-state index in [2.05, 4.69) is 20.7 Å². The summed E-state index contributed by atoms with van der Waals surface area (Å²) in [5.74, 6) is 1.91. The van der Waals surface area contributed by atoms with Crippen LogP contribution in [0, 0.1) is 6.92 Å². The van der Waals surface area contributed by atoms with Gasteiger partial charge in [0.05, 0.1) is 19.1 Å². The number of aryl methyl sites for hydroxylation is 1. The van der Waals surface area contributed by atoms with Gasteiger partial charge in [0.2, 0.25) is 0 Å². The molecule has 0 saturated heterocycles.